The normalized spacial score (nSPS) is 11.2. The van der Waals surface area contributed by atoms with E-state index in [0.717, 1.165) is 0 Å². The van der Waals surface area contributed by atoms with E-state index in [1.165, 1.54) is 20.3 Å². The van der Waals surface area contributed by atoms with Gasteiger partial charge in [0.05, 0.1) is 19.8 Å². The minimum atomic E-state index is -0.428. The lowest BCUT2D eigenvalue weighted by atomic mass is 10.2. The van der Waals surface area contributed by atoms with E-state index >= 15 is 0 Å². The molecule has 104 valence electrons. The zero-order valence-corrected chi connectivity index (χ0v) is 11.3. The molecule has 0 bridgehead atoms. The Morgan fingerprint density at radius 3 is 2.15 bits per heavy atom. The first-order chi connectivity index (χ1) is 9.67. The minimum Gasteiger partial charge on any atom is -0.494 e. The molecular weight excluding hydrogens is 259 g/mol. The molecule has 2 aromatic carbocycles. The Morgan fingerprint density at radius 1 is 1.00 bits per heavy atom. The Labute approximate surface area is 116 Å². The summed E-state index contributed by atoms with van der Waals surface area (Å²) in [5.74, 6) is 0.640. The van der Waals surface area contributed by atoms with Crippen molar-refractivity contribution in [2.45, 2.75) is 0 Å². The van der Waals surface area contributed by atoms with Crippen molar-refractivity contribution in [3.05, 3.63) is 53.8 Å². The van der Waals surface area contributed by atoms with Crippen LogP contribution < -0.4 is 15.2 Å². The van der Waals surface area contributed by atoms with Crippen molar-refractivity contribution < 1.29 is 13.9 Å². The second kappa shape index (κ2) is 6.06. The maximum absolute atomic E-state index is 13.7. The summed E-state index contributed by atoms with van der Waals surface area (Å²) in [5, 5.41) is 0. The molecule has 0 saturated heterocycles. The Kier molecular flexibility index (Phi) is 4.20. The van der Waals surface area contributed by atoms with E-state index in [4.69, 9.17) is 15.2 Å². The van der Waals surface area contributed by atoms with Gasteiger partial charge in [0.25, 0.3) is 0 Å². The third-order valence-electron chi connectivity index (χ3n) is 2.78. The molecule has 0 saturated carbocycles. The summed E-state index contributed by atoms with van der Waals surface area (Å²) in [6, 6.07) is 11.4. The Morgan fingerprint density at radius 2 is 1.60 bits per heavy atom. The first-order valence-electron chi connectivity index (χ1n) is 5.97. The van der Waals surface area contributed by atoms with Crippen LogP contribution in [0.25, 0.3) is 0 Å². The van der Waals surface area contributed by atoms with Crippen molar-refractivity contribution in [3.8, 4) is 11.5 Å². The fourth-order valence-corrected chi connectivity index (χ4v) is 1.79. The molecule has 0 atom stereocenters. The van der Waals surface area contributed by atoms with Gasteiger partial charge in [0.15, 0.2) is 0 Å². The van der Waals surface area contributed by atoms with Crippen LogP contribution in [0.4, 0.5) is 10.1 Å². The van der Waals surface area contributed by atoms with Gasteiger partial charge in [-0.05, 0) is 24.3 Å². The Balaban J connectivity index is 2.52. The zero-order chi connectivity index (χ0) is 14.5. The monoisotopic (exact) mass is 274 g/mol. The highest BCUT2D eigenvalue weighted by atomic mass is 19.1. The summed E-state index contributed by atoms with van der Waals surface area (Å²) in [7, 11) is 3.04. The van der Waals surface area contributed by atoms with Crippen LogP contribution in [0.1, 0.15) is 5.56 Å². The van der Waals surface area contributed by atoms with E-state index in [1.807, 2.05) is 0 Å². The van der Waals surface area contributed by atoms with E-state index < -0.39 is 5.82 Å². The molecule has 0 fully saturated rings. The lowest BCUT2D eigenvalue weighted by molar-refractivity contribution is 0.397. The molecule has 0 amide bonds. The van der Waals surface area contributed by atoms with Gasteiger partial charge >= 0.3 is 0 Å². The number of nitrogens with two attached hydrogens (primary N) is 1. The largest absolute Gasteiger partial charge is 0.494 e. The van der Waals surface area contributed by atoms with Gasteiger partial charge in [-0.2, -0.15) is 0 Å². The van der Waals surface area contributed by atoms with Crippen molar-refractivity contribution >= 4 is 11.5 Å². The summed E-state index contributed by atoms with van der Waals surface area (Å²) >= 11 is 0. The molecule has 20 heavy (non-hydrogen) atoms. The average Bonchev–Trinajstić information content (AvgIpc) is 2.47. The number of amidine groups is 1. The lowest BCUT2D eigenvalue weighted by Crippen LogP contribution is -2.14. The van der Waals surface area contributed by atoms with Crippen LogP contribution in [0.15, 0.2) is 47.5 Å². The van der Waals surface area contributed by atoms with Crippen LogP contribution in [-0.4, -0.2) is 20.1 Å². The smallest absolute Gasteiger partial charge is 0.149 e. The van der Waals surface area contributed by atoms with Crippen molar-refractivity contribution in [1.29, 1.82) is 0 Å². The molecule has 5 heteroatoms. The predicted octanol–water partition coefficient (Wildman–Crippen LogP) is 2.88. The van der Waals surface area contributed by atoms with Crippen molar-refractivity contribution in [3.63, 3.8) is 0 Å². The van der Waals surface area contributed by atoms with Crippen LogP contribution >= 0.6 is 0 Å². The molecule has 2 aromatic rings. The van der Waals surface area contributed by atoms with Gasteiger partial charge in [0, 0.05) is 0 Å². The minimum absolute atomic E-state index is 0.0610. The zero-order valence-electron chi connectivity index (χ0n) is 11.3. The van der Waals surface area contributed by atoms with Gasteiger partial charge in [0.2, 0.25) is 0 Å². The van der Waals surface area contributed by atoms with Crippen LogP contribution in [0, 0.1) is 5.82 Å². The van der Waals surface area contributed by atoms with Crippen LogP contribution in [0.3, 0.4) is 0 Å². The Hall–Kier alpha value is -2.56. The van der Waals surface area contributed by atoms with Crippen LogP contribution in [-0.2, 0) is 0 Å². The molecule has 0 radical (unpaired) electrons. The van der Waals surface area contributed by atoms with Crippen molar-refractivity contribution in [2.75, 3.05) is 14.2 Å². The Bertz CT molecular complexity index is 619. The number of aliphatic imine (C=N–C) groups is 1. The number of nitrogens with zero attached hydrogens (tertiary/aromatic N) is 1. The number of benzene rings is 2. The standard InChI is InChI=1S/C15H15FN2O2/c1-19-12-8-5-9-13(20-2)14(12)18-15(17)10-6-3-4-7-11(10)16/h3-9H,1-2H3,(H2,17,18). The molecule has 0 unspecified atom stereocenters. The number of rotatable bonds is 4. The number of ether oxygens (including phenoxy) is 2. The van der Waals surface area contributed by atoms with Crippen LogP contribution in [0.2, 0.25) is 0 Å². The first-order valence-corrected chi connectivity index (χ1v) is 5.97. The molecule has 2 rings (SSSR count). The number of hydrogen-bond donors (Lipinski definition) is 1. The van der Waals surface area contributed by atoms with Crippen LogP contribution in [0.5, 0.6) is 11.5 Å². The SMILES string of the molecule is COc1cccc(OC)c1N=C(N)c1ccccc1F. The maximum atomic E-state index is 13.7. The van der Waals surface area contributed by atoms with Gasteiger partial charge < -0.3 is 15.2 Å². The number of para-hydroxylation sites is 1. The maximum Gasteiger partial charge on any atom is 0.149 e. The second-order valence-corrected chi connectivity index (χ2v) is 3.99. The van der Waals surface area contributed by atoms with E-state index in [9.17, 15) is 4.39 Å². The fraction of sp³-hybridized carbons (Fsp3) is 0.133. The van der Waals surface area contributed by atoms with Gasteiger partial charge in [-0.15, -0.1) is 0 Å². The molecular formula is C15H15FN2O2. The third kappa shape index (κ3) is 2.71. The van der Waals surface area contributed by atoms with Gasteiger partial charge in [-0.25, -0.2) is 9.38 Å². The average molecular weight is 274 g/mol. The summed E-state index contributed by atoms with van der Waals surface area (Å²) in [4.78, 5) is 4.24. The molecule has 0 aromatic heterocycles. The van der Waals surface area contributed by atoms with Gasteiger partial charge in [-0.3, -0.25) is 0 Å². The highest BCUT2D eigenvalue weighted by molar-refractivity contribution is 6.00. The number of halogens is 1. The molecule has 4 nitrogen and oxygen atoms in total. The predicted molar refractivity (Wildman–Crippen MR) is 76.3 cm³/mol. The quantitative estimate of drug-likeness (QED) is 0.689. The molecule has 0 spiro atoms. The summed E-state index contributed by atoms with van der Waals surface area (Å²) in [6.07, 6.45) is 0. The highest BCUT2D eigenvalue weighted by Crippen LogP contribution is 2.37. The van der Waals surface area contributed by atoms with E-state index in [-0.39, 0.29) is 11.4 Å². The van der Waals surface area contributed by atoms with E-state index in [2.05, 4.69) is 4.99 Å². The molecule has 0 aliphatic heterocycles. The van der Waals surface area contributed by atoms with Crippen molar-refractivity contribution in [2.24, 2.45) is 10.7 Å². The summed E-state index contributed by atoms with van der Waals surface area (Å²) in [6.45, 7) is 0. The van der Waals surface area contributed by atoms with Crippen molar-refractivity contribution in [1.82, 2.24) is 0 Å². The number of hydrogen-bond acceptors (Lipinski definition) is 3. The second-order valence-electron chi connectivity index (χ2n) is 3.99. The highest BCUT2D eigenvalue weighted by Gasteiger charge is 2.11. The first kappa shape index (κ1) is 13.9. The number of methoxy groups -OCH3 is 2. The molecule has 0 aliphatic rings. The molecule has 2 N–H and O–H groups in total. The third-order valence-corrected chi connectivity index (χ3v) is 2.78. The molecule has 0 aliphatic carbocycles. The van der Waals surface area contributed by atoms with Gasteiger partial charge in [0.1, 0.15) is 28.8 Å². The molecule has 0 heterocycles. The van der Waals surface area contributed by atoms with E-state index in [0.29, 0.717) is 17.2 Å². The van der Waals surface area contributed by atoms with E-state index in [1.54, 1.807) is 36.4 Å². The summed E-state index contributed by atoms with van der Waals surface area (Å²) in [5.41, 5.74) is 6.54. The topological polar surface area (TPSA) is 56.8 Å². The lowest BCUT2D eigenvalue weighted by Gasteiger charge is -2.10. The summed E-state index contributed by atoms with van der Waals surface area (Å²) < 4.78 is 24.1. The van der Waals surface area contributed by atoms with Gasteiger partial charge in [-0.1, -0.05) is 18.2 Å². The fourth-order valence-electron chi connectivity index (χ4n) is 1.79.